The lowest BCUT2D eigenvalue weighted by molar-refractivity contribution is -0.185. The van der Waals surface area contributed by atoms with E-state index in [0.29, 0.717) is 43.9 Å². The highest BCUT2D eigenvalue weighted by atomic mass is 19.3. The number of aliphatic hydroxyl groups excluding tert-OH is 1. The highest BCUT2D eigenvalue weighted by molar-refractivity contribution is 6.06. The number of furan rings is 1. The zero-order valence-corrected chi connectivity index (χ0v) is 17.0. The van der Waals surface area contributed by atoms with E-state index in [9.17, 15) is 23.5 Å². The Morgan fingerprint density at radius 2 is 1.90 bits per heavy atom. The minimum Gasteiger partial charge on any atom is -0.464 e. The molecule has 7 nitrogen and oxygen atoms in total. The van der Waals surface area contributed by atoms with Crippen molar-refractivity contribution in [2.75, 3.05) is 19.6 Å². The lowest BCUT2D eigenvalue weighted by Gasteiger charge is -2.60. The Balaban J connectivity index is 1.37. The topological polar surface area (TPSA) is 77.2 Å². The van der Waals surface area contributed by atoms with Crippen LogP contribution in [0.5, 0.6) is 0 Å². The molecule has 0 aromatic carbocycles. The minimum atomic E-state index is -2.59. The van der Waals surface area contributed by atoms with Gasteiger partial charge in [-0.1, -0.05) is 0 Å². The van der Waals surface area contributed by atoms with Crippen LogP contribution in [0, 0.1) is 6.92 Å². The number of hydrogen-bond acceptors (Lipinski definition) is 6. The number of β-amino-alcohol motifs (C(OH)–C–C–N with tert-alkyl or cyclic N) is 1. The molecule has 0 radical (unpaired) electrons. The summed E-state index contributed by atoms with van der Waals surface area (Å²) in [7, 11) is 0. The van der Waals surface area contributed by atoms with Crippen LogP contribution >= 0.6 is 0 Å². The number of amides is 2. The third kappa shape index (κ3) is 3.09. The van der Waals surface area contributed by atoms with Crippen LogP contribution in [0.2, 0.25) is 0 Å². The Hall–Kier alpha value is -1.84. The number of hydrogen-bond donors (Lipinski definition) is 1. The number of fused-ring (bicyclic) bond motifs is 2. The van der Waals surface area contributed by atoms with Gasteiger partial charge < -0.3 is 9.52 Å². The molecule has 2 atom stereocenters. The summed E-state index contributed by atoms with van der Waals surface area (Å²) in [5.74, 6) is -1.91. The van der Waals surface area contributed by atoms with Crippen LogP contribution in [0.1, 0.15) is 43.6 Å². The number of likely N-dealkylation sites (tertiary alicyclic amines) is 1. The maximum atomic E-state index is 13.5. The lowest BCUT2D eigenvalue weighted by Crippen LogP contribution is -2.82. The fourth-order valence-electron chi connectivity index (χ4n) is 5.64. The van der Waals surface area contributed by atoms with Gasteiger partial charge in [0.1, 0.15) is 17.1 Å². The average molecular weight is 423 g/mol. The second kappa shape index (κ2) is 6.83. The predicted molar refractivity (Wildman–Crippen MR) is 102 cm³/mol. The van der Waals surface area contributed by atoms with Crippen molar-refractivity contribution in [3.8, 4) is 0 Å². The van der Waals surface area contributed by atoms with E-state index in [1.165, 1.54) is 4.90 Å². The molecular formula is C21H27F2N3O4. The molecule has 5 rings (SSSR count). The molecule has 1 aromatic rings. The molecule has 1 spiro atoms. The second-order valence-electron chi connectivity index (χ2n) is 9.32. The van der Waals surface area contributed by atoms with E-state index in [4.69, 9.17) is 4.42 Å². The van der Waals surface area contributed by atoms with Crippen LogP contribution in [-0.4, -0.2) is 80.9 Å². The number of carbonyl (C=O) groups is 2. The van der Waals surface area contributed by atoms with Crippen molar-refractivity contribution in [2.24, 2.45) is 0 Å². The van der Waals surface area contributed by atoms with Gasteiger partial charge in [-0.05, 0) is 38.3 Å². The van der Waals surface area contributed by atoms with Crippen LogP contribution < -0.4 is 0 Å². The summed E-state index contributed by atoms with van der Waals surface area (Å²) in [6.07, 6.45) is 0.231. The summed E-state index contributed by atoms with van der Waals surface area (Å²) < 4.78 is 32.6. The van der Waals surface area contributed by atoms with E-state index >= 15 is 0 Å². The molecule has 1 saturated carbocycles. The standard InChI is InChI=1S/C21H27F2N3O4/c1-13-2-3-16(30-13)10-25-18(28)17-8-15(27)9-26(17)20(19(25)29)11-24(12-20)14-4-6-21(22,23)7-5-14/h2-3,14-15,17,27H,4-12H2,1H3/t15-,17+/m1/s1. The summed E-state index contributed by atoms with van der Waals surface area (Å²) in [5.41, 5.74) is -0.877. The van der Waals surface area contributed by atoms with E-state index < -0.39 is 23.6 Å². The zero-order valence-electron chi connectivity index (χ0n) is 17.0. The molecule has 1 aromatic heterocycles. The highest BCUT2D eigenvalue weighted by Crippen LogP contribution is 2.44. The first-order chi connectivity index (χ1) is 14.2. The number of nitrogens with zero attached hydrogens (tertiary/aromatic N) is 3. The quantitative estimate of drug-likeness (QED) is 0.743. The largest absolute Gasteiger partial charge is 0.464 e. The molecule has 1 aliphatic carbocycles. The second-order valence-corrected chi connectivity index (χ2v) is 9.32. The van der Waals surface area contributed by atoms with E-state index in [-0.39, 0.29) is 43.8 Å². The number of carbonyl (C=O) groups excluding carboxylic acids is 2. The van der Waals surface area contributed by atoms with Gasteiger partial charge >= 0.3 is 0 Å². The molecule has 4 heterocycles. The molecule has 4 aliphatic rings. The number of piperazine rings is 1. The Kier molecular flexibility index (Phi) is 4.57. The van der Waals surface area contributed by atoms with Crippen molar-refractivity contribution in [2.45, 2.75) is 75.2 Å². The van der Waals surface area contributed by atoms with Gasteiger partial charge in [-0.2, -0.15) is 0 Å². The predicted octanol–water partition coefficient (Wildman–Crippen LogP) is 1.52. The molecule has 164 valence electrons. The van der Waals surface area contributed by atoms with Crippen molar-refractivity contribution in [3.05, 3.63) is 23.7 Å². The van der Waals surface area contributed by atoms with E-state index in [0.717, 1.165) is 0 Å². The van der Waals surface area contributed by atoms with Gasteiger partial charge in [0.05, 0.1) is 18.7 Å². The van der Waals surface area contributed by atoms with Crippen LogP contribution in [0.15, 0.2) is 16.5 Å². The molecule has 2 amide bonds. The summed E-state index contributed by atoms with van der Waals surface area (Å²) in [6.45, 7) is 2.98. The third-order valence-electron chi connectivity index (χ3n) is 7.27. The zero-order chi connectivity index (χ0) is 21.3. The number of alkyl halides is 2. The third-order valence-corrected chi connectivity index (χ3v) is 7.27. The number of aryl methyl sites for hydroxylation is 1. The molecule has 3 saturated heterocycles. The first-order valence-corrected chi connectivity index (χ1v) is 10.7. The average Bonchev–Trinajstić information content (AvgIpc) is 3.24. The Morgan fingerprint density at radius 1 is 1.20 bits per heavy atom. The Morgan fingerprint density at radius 3 is 2.53 bits per heavy atom. The fourth-order valence-corrected chi connectivity index (χ4v) is 5.64. The van der Waals surface area contributed by atoms with Crippen molar-refractivity contribution >= 4 is 11.8 Å². The van der Waals surface area contributed by atoms with E-state index in [2.05, 4.69) is 4.90 Å². The van der Waals surface area contributed by atoms with Crippen LogP contribution in [0.4, 0.5) is 8.78 Å². The van der Waals surface area contributed by atoms with Gasteiger partial charge in [0.2, 0.25) is 11.8 Å². The number of halogens is 2. The lowest BCUT2D eigenvalue weighted by atomic mass is 9.79. The van der Waals surface area contributed by atoms with Crippen LogP contribution in [0.25, 0.3) is 0 Å². The van der Waals surface area contributed by atoms with Crippen molar-refractivity contribution in [1.82, 2.24) is 14.7 Å². The van der Waals surface area contributed by atoms with E-state index in [1.54, 1.807) is 19.1 Å². The molecule has 3 aliphatic heterocycles. The fraction of sp³-hybridized carbons (Fsp3) is 0.714. The first kappa shape index (κ1) is 20.1. The number of aliphatic hydroxyl groups is 1. The van der Waals surface area contributed by atoms with Gasteiger partial charge in [-0.15, -0.1) is 0 Å². The molecule has 0 bridgehead atoms. The molecule has 9 heteroatoms. The summed E-state index contributed by atoms with van der Waals surface area (Å²) in [6, 6.07) is 3.05. The first-order valence-electron chi connectivity index (χ1n) is 10.7. The smallest absolute Gasteiger partial charge is 0.252 e. The normalized spacial score (nSPS) is 31.9. The molecular weight excluding hydrogens is 396 g/mol. The monoisotopic (exact) mass is 423 g/mol. The van der Waals surface area contributed by atoms with Gasteiger partial charge in [-0.25, -0.2) is 8.78 Å². The van der Waals surface area contributed by atoms with Gasteiger partial charge in [0.25, 0.3) is 5.91 Å². The maximum Gasteiger partial charge on any atom is 0.252 e. The van der Waals surface area contributed by atoms with Crippen molar-refractivity contribution < 1.29 is 27.9 Å². The number of imide groups is 1. The SMILES string of the molecule is Cc1ccc(CN2C(=O)[C@@H]3C[C@@H](O)CN3C3(CN(C4CCC(F)(F)CC4)C3)C2=O)o1. The van der Waals surface area contributed by atoms with Crippen molar-refractivity contribution in [3.63, 3.8) is 0 Å². The Labute approximate surface area is 173 Å². The van der Waals surface area contributed by atoms with Crippen LogP contribution in [-0.2, 0) is 16.1 Å². The van der Waals surface area contributed by atoms with E-state index in [1.807, 2.05) is 4.90 Å². The Bertz CT molecular complexity index is 856. The molecule has 1 N–H and O–H groups in total. The number of rotatable bonds is 3. The van der Waals surface area contributed by atoms with Crippen molar-refractivity contribution in [1.29, 1.82) is 0 Å². The minimum absolute atomic E-state index is 0.0350. The summed E-state index contributed by atoms with van der Waals surface area (Å²) in [5, 5.41) is 10.2. The van der Waals surface area contributed by atoms with Gasteiger partial charge in [0.15, 0.2) is 0 Å². The van der Waals surface area contributed by atoms with Crippen LogP contribution in [0.3, 0.4) is 0 Å². The van der Waals surface area contributed by atoms with Gasteiger partial charge in [-0.3, -0.25) is 24.3 Å². The maximum absolute atomic E-state index is 13.5. The van der Waals surface area contributed by atoms with Gasteiger partial charge in [0, 0.05) is 38.5 Å². The highest BCUT2D eigenvalue weighted by Gasteiger charge is 2.65. The molecule has 30 heavy (non-hydrogen) atoms. The molecule has 0 unspecified atom stereocenters. The summed E-state index contributed by atoms with van der Waals surface area (Å²) in [4.78, 5) is 31.8. The molecule has 4 fully saturated rings. The summed E-state index contributed by atoms with van der Waals surface area (Å²) >= 11 is 0.